The maximum absolute atomic E-state index is 12.6. The van der Waals surface area contributed by atoms with Crippen LogP contribution in [-0.4, -0.2) is 24.4 Å². The molecule has 0 saturated carbocycles. The van der Waals surface area contributed by atoms with E-state index in [0.29, 0.717) is 36.3 Å². The molecule has 140 valence electrons. The summed E-state index contributed by atoms with van der Waals surface area (Å²) in [5, 5.41) is 3.42. The number of hydrogen-bond acceptors (Lipinski definition) is 4. The third-order valence-corrected chi connectivity index (χ3v) is 4.64. The van der Waals surface area contributed by atoms with E-state index in [9.17, 15) is 4.79 Å². The molecule has 0 radical (unpaired) electrons. The number of thioether (sulfide) groups is 1. The van der Waals surface area contributed by atoms with Gasteiger partial charge in [-0.1, -0.05) is 32.0 Å². The van der Waals surface area contributed by atoms with E-state index in [1.165, 1.54) is 0 Å². The molecule has 26 heavy (non-hydrogen) atoms. The van der Waals surface area contributed by atoms with Crippen molar-refractivity contribution in [3.8, 4) is 11.5 Å². The summed E-state index contributed by atoms with van der Waals surface area (Å²) in [5.74, 6) is 1.36. The highest BCUT2D eigenvalue weighted by atomic mass is 32.2. The number of ether oxygens (including phenoxy) is 2. The van der Waals surface area contributed by atoms with Gasteiger partial charge in [0.15, 0.2) is 11.5 Å². The van der Waals surface area contributed by atoms with Crippen LogP contribution in [0.15, 0.2) is 47.4 Å². The van der Waals surface area contributed by atoms with Crippen molar-refractivity contribution in [3.05, 3.63) is 53.6 Å². The lowest BCUT2D eigenvalue weighted by atomic mass is 10.1. The fraction of sp³-hybridized carbons (Fsp3) is 0.381. The average Bonchev–Trinajstić information content (AvgIpc) is 2.62. The zero-order chi connectivity index (χ0) is 18.9. The minimum Gasteiger partial charge on any atom is -0.490 e. The highest BCUT2D eigenvalue weighted by Crippen LogP contribution is 2.29. The highest BCUT2D eigenvalue weighted by molar-refractivity contribution is 8.00. The fourth-order valence-electron chi connectivity index (χ4n) is 2.49. The van der Waals surface area contributed by atoms with Gasteiger partial charge in [-0.15, -0.1) is 11.8 Å². The molecule has 0 fully saturated rings. The van der Waals surface area contributed by atoms with Crippen LogP contribution >= 0.6 is 11.8 Å². The van der Waals surface area contributed by atoms with Crippen molar-refractivity contribution < 1.29 is 14.3 Å². The van der Waals surface area contributed by atoms with Crippen LogP contribution in [0.25, 0.3) is 0 Å². The van der Waals surface area contributed by atoms with Crippen molar-refractivity contribution in [3.63, 3.8) is 0 Å². The van der Waals surface area contributed by atoms with E-state index in [2.05, 4.69) is 19.2 Å². The molecule has 0 spiro atoms. The molecule has 2 aromatic rings. The summed E-state index contributed by atoms with van der Waals surface area (Å²) in [5.41, 5.74) is 1.68. The Morgan fingerprint density at radius 2 is 1.73 bits per heavy atom. The molecule has 2 aromatic carbocycles. The van der Waals surface area contributed by atoms with Crippen LogP contribution in [0.3, 0.4) is 0 Å². The highest BCUT2D eigenvalue weighted by Gasteiger charge is 2.13. The Hall–Kier alpha value is -2.14. The smallest absolute Gasteiger partial charge is 0.252 e. The van der Waals surface area contributed by atoms with Crippen LogP contribution in [0, 0.1) is 0 Å². The van der Waals surface area contributed by atoms with Gasteiger partial charge in [0.1, 0.15) is 0 Å². The lowest BCUT2D eigenvalue weighted by molar-refractivity contribution is 0.0948. The first-order valence-electron chi connectivity index (χ1n) is 8.97. The Kier molecular flexibility index (Phi) is 7.85. The van der Waals surface area contributed by atoms with Gasteiger partial charge in [-0.3, -0.25) is 4.79 Å². The lowest BCUT2D eigenvalue weighted by Crippen LogP contribution is -2.23. The van der Waals surface area contributed by atoms with Crippen LogP contribution in [0.2, 0.25) is 0 Å². The van der Waals surface area contributed by atoms with Gasteiger partial charge in [0.25, 0.3) is 5.91 Å². The standard InChI is InChI=1S/C21H27NO3S/c1-5-24-18-12-11-16(13-19(18)25-6-2)14-22-21(23)17-9-7-8-10-20(17)26-15(3)4/h7-13,15H,5-6,14H2,1-4H3,(H,22,23). The molecule has 0 aliphatic carbocycles. The van der Waals surface area contributed by atoms with Crippen LogP contribution in [-0.2, 0) is 6.54 Å². The topological polar surface area (TPSA) is 47.6 Å². The number of carbonyl (C=O) groups is 1. The monoisotopic (exact) mass is 373 g/mol. The summed E-state index contributed by atoms with van der Waals surface area (Å²) >= 11 is 1.69. The SMILES string of the molecule is CCOc1ccc(CNC(=O)c2ccccc2SC(C)C)cc1OCC. The van der Waals surface area contributed by atoms with Gasteiger partial charge in [-0.05, 0) is 43.7 Å². The summed E-state index contributed by atoms with van der Waals surface area (Å²) in [7, 11) is 0. The van der Waals surface area contributed by atoms with Crippen molar-refractivity contribution in [1.82, 2.24) is 5.32 Å². The molecule has 0 aliphatic heterocycles. The van der Waals surface area contributed by atoms with Crippen LogP contribution < -0.4 is 14.8 Å². The normalized spacial score (nSPS) is 10.7. The molecule has 0 unspecified atom stereocenters. The number of hydrogen-bond donors (Lipinski definition) is 1. The first kappa shape index (κ1) is 20.2. The van der Waals surface area contributed by atoms with Crippen molar-refractivity contribution in [2.45, 2.75) is 44.4 Å². The Morgan fingerprint density at radius 3 is 2.42 bits per heavy atom. The predicted octanol–water partition coefficient (Wildman–Crippen LogP) is 4.91. The minimum atomic E-state index is -0.0689. The lowest BCUT2D eigenvalue weighted by Gasteiger charge is -2.14. The first-order valence-corrected chi connectivity index (χ1v) is 9.85. The molecular formula is C21H27NO3S. The second kappa shape index (κ2) is 10.1. The van der Waals surface area contributed by atoms with Gasteiger partial charge in [-0.2, -0.15) is 0 Å². The molecular weight excluding hydrogens is 346 g/mol. The van der Waals surface area contributed by atoms with Crippen molar-refractivity contribution in [1.29, 1.82) is 0 Å². The maximum atomic E-state index is 12.6. The second-order valence-corrected chi connectivity index (χ2v) is 7.61. The maximum Gasteiger partial charge on any atom is 0.252 e. The first-order chi connectivity index (χ1) is 12.5. The molecule has 5 heteroatoms. The molecule has 0 bridgehead atoms. The molecule has 0 aromatic heterocycles. The van der Waals surface area contributed by atoms with E-state index in [4.69, 9.17) is 9.47 Å². The Balaban J connectivity index is 2.09. The Bertz CT molecular complexity index is 731. The Morgan fingerprint density at radius 1 is 1.04 bits per heavy atom. The molecule has 0 aliphatic rings. The van der Waals surface area contributed by atoms with Gasteiger partial charge < -0.3 is 14.8 Å². The van der Waals surface area contributed by atoms with Gasteiger partial charge in [0.2, 0.25) is 0 Å². The van der Waals surface area contributed by atoms with Crippen molar-refractivity contribution >= 4 is 17.7 Å². The third-order valence-electron chi connectivity index (χ3n) is 3.56. The number of benzene rings is 2. The van der Waals surface area contributed by atoms with Crippen LogP contribution in [0.5, 0.6) is 11.5 Å². The number of carbonyl (C=O) groups excluding carboxylic acids is 1. The van der Waals surface area contributed by atoms with Gasteiger partial charge in [0.05, 0.1) is 18.8 Å². The molecule has 1 N–H and O–H groups in total. The molecule has 0 heterocycles. The quantitative estimate of drug-likeness (QED) is 0.634. The van der Waals surface area contributed by atoms with Gasteiger partial charge in [0, 0.05) is 16.7 Å². The molecule has 0 saturated heterocycles. The molecule has 2 rings (SSSR count). The largest absolute Gasteiger partial charge is 0.490 e. The summed E-state index contributed by atoms with van der Waals surface area (Å²) < 4.78 is 11.2. The minimum absolute atomic E-state index is 0.0689. The molecule has 1 amide bonds. The van der Waals surface area contributed by atoms with Crippen molar-refractivity contribution in [2.75, 3.05) is 13.2 Å². The number of nitrogens with one attached hydrogen (secondary N) is 1. The summed E-state index contributed by atoms with van der Waals surface area (Å²) in [4.78, 5) is 13.6. The van der Waals surface area contributed by atoms with Gasteiger partial charge >= 0.3 is 0 Å². The van der Waals surface area contributed by atoms with E-state index in [-0.39, 0.29) is 5.91 Å². The summed E-state index contributed by atoms with van der Waals surface area (Å²) in [6, 6.07) is 13.5. The second-order valence-electron chi connectivity index (χ2n) is 5.99. The number of rotatable bonds is 9. The predicted molar refractivity (Wildman–Crippen MR) is 107 cm³/mol. The van der Waals surface area contributed by atoms with E-state index >= 15 is 0 Å². The molecule has 4 nitrogen and oxygen atoms in total. The zero-order valence-electron chi connectivity index (χ0n) is 15.9. The van der Waals surface area contributed by atoms with E-state index in [1.54, 1.807) is 11.8 Å². The van der Waals surface area contributed by atoms with E-state index in [0.717, 1.165) is 16.2 Å². The summed E-state index contributed by atoms with van der Waals surface area (Å²) in [6.07, 6.45) is 0. The molecule has 0 atom stereocenters. The summed E-state index contributed by atoms with van der Waals surface area (Å²) in [6.45, 7) is 9.70. The van der Waals surface area contributed by atoms with E-state index in [1.807, 2.05) is 56.3 Å². The van der Waals surface area contributed by atoms with E-state index < -0.39 is 0 Å². The fourth-order valence-corrected chi connectivity index (χ4v) is 3.45. The number of amides is 1. The third kappa shape index (κ3) is 5.70. The average molecular weight is 374 g/mol. The van der Waals surface area contributed by atoms with Crippen molar-refractivity contribution in [2.24, 2.45) is 0 Å². The Labute approximate surface area is 160 Å². The van der Waals surface area contributed by atoms with Crippen LogP contribution in [0.1, 0.15) is 43.6 Å². The van der Waals surface area contributed by atoms with Crippen LogP contribution in [0.4, 0.5) is 0 Å². The zero-order valence-corrected chi connectivity index (χ0v) is 16.7. The van der Waals surface area contributed by atoms with Gasteiger partial charge in [-0.25, -0.2) is 0 Å².